The van der Waals surface area contributed by atoms with Crippen LogP contribution in [0.4, 0.5) is 5.69 Å². The van der Waals surface area contributed by atoms with Crippen molar-refractivity contribution < 1.29 is 9.53 Å². The maximum absolute atomic E-state index is 12.0. The van der Waals surface area contributed by atoms with Crippen molar-refractivity contribution in [3.63, 3.8) is 0 Å². The Labute approximate surface area is 108 Å². The SMILES string of the molecule is COCC(C)NC(=O)c1sc2nnccc2c1N. The largest absolute Gasteiger partial charge is 0.397 e. The van der Waals surface area contributed by atoms with Crippen molar-refractivity contribution in [3.8, 4) is 0 Å². The molecule has 0 saturated carbocycles. The van der Waals surface area contributed by atoms with Gasteiger partial charge in [0.25, 0.3) is 5.91 Å². The van der Waals surface area contributed by atoms with Gasteiger partial charge in [0.05, 0.1) is 18.5 Å². The van der Waals surface area contributed by atoms with Gasteiger partial charge in [-0.1, -0.05) is 0 Å². The van der Waals surface area contributed by atoms with E-state index in [-0.39, 0.29) is 11.9 Å². The molecule has 0 fully saturated rings. The number of nitrogens with two attached hydrogens (primary N) is 1. The Balaban J connectivity index is 2.25. The number of hydrogen-bond acceptors (Lipinski definition) is 6. The molecule has 0 aliphatic carbocycles. The first-order valence-corrected chi connectivity index (χ1v) is 6.24. The highest BCUT2D eigenvalue weighted by molar-refractivity contribution is 7.21. The number of carbonyl (C=O) groups is 1. The van der Waals surface area contributed by atoms with Gasteiger partial charge in [-0.2, -0.15) is 5.10 Å². The predicted molar refractivity (Wildman–Crippen MR) is 70.6 cm³/mol. The first-order chi connectivity index (χ1) is 8.63. The minimum atomic E-state index is -0.208. The second-order valence-corrected chi connectivity index (χ2v) is 4.92. The molecule has 0 spiro atoms. The van der Waals surface area contributed by atoms with Crippen LogP contribution in [0.2, 0.25) is 0 Å². The Morgan fingerprint density at radius 2 is 2.44 bits per heavy atom. The molecule has 1 atom stereocenters. The molecule has 3 N–H and O–H groups in total. The molecule has 1 unspecified atom stereocenters. The van der Waals surface area contributed by atoms with E-state index in [0.29, 0.717) is 22.0 Å². The molecule has 96 valence electrons. The van der Waals surface area contributed by atoms with Crippen LogP contribution in [0, 0.1) is 0 Å². The molecule has 0 bridgehead atoms. The summed E-state index contributed by atoms with van der Waals surface area (Å²) in [5.74, 6) is -0.208. The minimum Gasteiger partial charge on any atom is -0.397 e. The highest BCUT2D eigenvalue weighted by atomic mass is 32.1. The summed E-state index contributed by atoms with van der Waals surface area (Å²) in [7, 11) is 1.59. The van der Waals surface area contributed by atoms with E-state index in [1.54, 1.807) is 19.4 Å². The lowest BCUT2D eigenvalue weighted by Crippen LogP contribution is -2.35. The lowest BCUT2D eigenvalue weighted by molar-refractivity contribution is 0.0910. The van der Waals surface area contributed by atoms with Crippen molar-refractivity contribution in [2.75, 3.05) is 19.5 Å². The molecular weight excluding hydrogens is 252 g/mol. The molecule has 0 aliphatic rings. The molecule has 2 heterocycles. The number of ether oxygens (including phenoxy) is 1. The van der Waals surface area contributed by atoms with Crippen LogP contribution in [0.3, 0.4) is 0 Å². The van der Waals surface area contributed by atoms with Crippen molar-refractivity contribution in [2.24, 2.45) is 0 Å². The molecule has 1 amide bonds. The highest BCUT2D eigenvalue weighted by Crippen LogP contribution is 2.31. The fraction of sp³-hybridized carbons (Fsp3) is 0.364. The first-order valence-electron chi connectivity index (χ1n) is 5.43. The molecular formula is C11H14N4O2S. The summed E-state index contributed by atoms with van der Waals surface area (Å²) in [5.41, 5.74) is 6.39. The summed E-state index contributed by atoms with van der Waals surface area (Å²) in [6.45, 7) is 2.32. The van der Waals surface area contributed by atoms with Crippen LogP contribution < -0.4 is 11.1 Å². The van der Waals surface area contributed by atoms with Crippen LogP contribution >= 0.6 is 11.3 Å². The zero-order chi connectivity index (χ0) is 13.1. The first kappa shape index (κ1) is 12.7. The van der Waals surface area contributed by atoms with Gasteiger partial charge in [-0.3, -0.25) is 4.79 Å². The predicted octanol–water partition coefficient (Wildman–Crippen LogP) is 1.04. The maximum atomic E-state index is 12.0. The van der Waals surface area contributed by atoms with Crippen LogP contribution in [-0.4, -0.2) is 35.9 Å². The van der Waals surface area contributed by atoms with Crippen molar-refractivity contribution >= 4 is 33.1 Å². The summed E-state index contributed by atoms with van der Waals surface area (Å²) in [6, 6.07) is 1.68. The number of nitrogen functional groups attached to an aromatic ring is 1. The third kappa shape index (κ3) is 2.41. The van der Waals surface area contributed by atoms with Crippen molar-refractivity contribution in [1.82, 2.24) is 15.5 Å². The van der Waals surface area contributed by atoms with E-state index in [1.807, 2.05) is 6.92 Å². The minimum absolute atomic E-state index is 0.0711. The normalized spacial score (nSPS) is 12.6. The van der Waals surface area contributed by atoms with Crippen molar-refractivity contribution in [2.45, 2.75) is 13.0 Å². The number of rotatable bonds is 4. The van der Waals surface area contributed by atoms with Gasteiger partial charge in [0.15, 0.2) is 0 Å². The maximum Gasteiger partial charge on any atom is 0.263 e. The summed E-state index contributed by atoms with van der Waals surface area (Å²) in [6.07, 6.45) is 1.56. The smallest absolute Gasteiger partial charge is 0.263 e. The third-order valence-corrected chi connectivity index (χ3v) is 3.53. The molecule has 0 saturated heterocycles. The van der Waals surface area contributed by atoms with Gasteiger partial charge < -0.3 is 15.8 Å². The third-order valence-electron chi connectivity index (χ3n) is 2.42. The van der Waals surface area contributed by atoms with Crippen LogP contribution in [0.15, 0.2) is 12.3 Å². The Kier molecular flexibility index (Phi) is 3.73. The van der Waals surface area contributed by atoms with E-state index in [1.165, 1.54) is 11.3 Å². The number of carbonyl (C=O) groups excluding carboxylic acids is 1. The van der Waals surface area contributed by atoms with E-state index >= 15 is 0 Å². The number of anilines is 1. The van der Waals surface area contributed by atoms with Gasteiger partial charge in [-0.15, -0.1) is 16.4 Å². The van der Waals surface area contributed by atoms with E-state index in [2.05, 4.69) is 15.5 Å². The summed E-state index contributed by atoms with van der Waals surface area (Å²) in [4.78, 5) is 13.2. The van der Waals surface area contributed by atoms with E-state index in [9.17, 15) is 4.79 Å². The summed E-state index contributed by atoms with van der Waals surface area (Å²) < 4.78 is 4.96. The fourth-order valence-corrected chi connectivity index (χ4v) is 2.56. The number of hydrogen-bond donors (Lipinski definition) is 2. The number of nitrogens with one attached hydrogen (secondary N) is 1. The average molecular weight is 266 g/mol. The molecule has 7 heteroatoms. The van der Waals surface area contributed by atoms with Gasteiger partial charge in [-0.25, -0.2) is 0 Å². The molecule has 0 aliphatic heterocycles. The molecule has 0 radical (unpaired) electrons. The second kappa shape index (κ2) is 5.28. The number of thiophene rings is 1. The quantitative estimate of drug-likeness (QED) is 0.863. The van der Waals surface area contributed by atoms with Gasteiger partial charge in [0.2, 0.25) is 0 Å². The zero-order valence-corrected chi connectivity index (χ0v) is 11.0. The molecule has 2 aromatic heterocycles. The Hall–Kier alpha value is -1.73. The number of aromatic nitrogens is 2. The molecule has 2 rings (SSSR count). The van der Waals surface area contributed by atoms with Gasteiger partial charge in [-0.05, 0) is 13.0 Å². The standard InChI is InChI=1S/C11H14N4O2S/c1-6(5-17-2)14-10(16)9-8(12)7-3-4-13-15-11(7)18-9/h3-4,6H,5,12H2,1-2H3,(H,14,16). The average Bonchev–Trinajstić information content (AvgIpc) is 2.68. The van der Waals surface area contributed by atoms with Crippen molar-refractivity contribution in [1.29, 1.82) is 0 Å². The molecule has 18 heavy (non-hydrogen) atoms. The number of amides is 1. The Morgan fingerprint density at radius 1 is 1.67 bits per heavy atom. The topological polar surface area (TPSA) is 90.1 Å². The van der Waals surface area contributed by atoms with Gasteiger partial charge >= 0.3 is 0 Å². The Bertz CT molecular complexity index is 569. The summed E-state index contributed by atoms with van der Waals surface area (Å²) in [5, 5.41) is 11.3. The van der Waals surface area contributed by atoms with Gasteiger partial charge in [0, 0.05) is 18.5 Å². The van der Waals surface area contributed by atoms with E-state index in [4.69, 9.17) is 10.5 Å². The molecule has 2 aromatic rings. The van der Waals surface area contributed by atoms with Gasteiger partial charge in [0.1, 0.15) is 9.71 Å². The van der Waals surface area contributed by atoms with Crippen LogP contribution in [0.1, 0.15) is 16.6 Å². The van der Waals surface area contributed by atoms with E-state index < -0.39 is 0 Å². The zero-order valence-electron chi connectivity index (χ0n) is 10.1. The number of nitrogens with zero attached hydrogens (tertiary/aromatic N) is 2. The monoisotopic (exact) mass is 266 g/mol. The molecule has 6 nitrogen and oxygen atoms in total. The van der Waals surface area contributed by atoms with Crippen LogP contribution in [0.5, 0.6) is 0 Å². The lowest BCUT2D eigenvalue weighted by Gasteiger charge is -2.11. The second-order valence-electron chi connectivity index (χ2n) is 3.92. The van der Waals surface area contributed by atoms with Crippen LogP contribution in [-0.2, 0) is 4.74 Å². The summed E-state index contributed by atoms with van der Waals surface area (Å²) >= 11 is 1.24. The number of fused-ring (bicyclic) bond motifs is 1. The Morgan fingerprint density at radius 3 is 3.11 bits per heavy atom. The fourth-order valence-electron chi connectivity index (χ4n) is 1.62. The van der Waals surface area contributed by atoms with Crippen LogP contribution in [0.25, 0.3) is 10.2 Å². The number of methoxy groups -OCH3 is 1. The molecule has 0 aromatic carbocycles. The highest BCUT2D eigenvalue weighted by Gasteiger charge is 2.18. The van der Waals surface area contributed by atoms with Crippen molar-refractivity contribution in [3.05, 3.63) is 17.1 Å². The van der Waals surface area contributed by atoms with E-state index in [0.717, 1.165) is 5.39 Å². The lowest BCUT2D eigenvalue weighted by atomic mass is 10.2.